The lowest BCUT2D eigenvalue weighted by atomic mass is 9.70. The molecule has 0 aromatic carbocycles. The van der Waals surface area contributed by atoms with Crippen LogP contribution in [0.25, 0.3) is 0 Å². The number of nitrogens with one attached hydrogen (secondary N) is 2. The Bertz CT molecular complexity index is 389. The predicted molar refractivity (Wildman–Crippen MR) is 74.3 cm³/mol. The normalized spacial score (nSPS) is 21.1. The number of aliphatic carboxylic acids is 1. The fourth-order valence-electron chi connectivity index (χ4n) is 2.49. The van der Waals surface area contributed by atoms with Crippen molar-refractivity contribution >= 4 is 11.9 Å². The van der Waals surface area contributed by atoms with Crippen molar-refractivity contribution in [2.75, 3.05) is 19.6 Å². The zero-order valence-electron chi connectivity index (χ0n) is 12.6. The van der Waals surface area contributed by atoms with Gasteiger partial charge >= 0.3 is 12.1 Å². The van der Waals surface area contributed by atoms with Crippen LogP contribution in [-0.2, 0) is 9.59 Å². The van der Waals surface area contributed by atoms with Crippen LogP contribution < -0.4 is 10.6 Å². The van der Waals surface area contributed by atoms with Crippen LogP contribution in [0.4, 0.5) is 13.2 Å². The highest BCUT2D eigenvalue weighted by Crippen LogP contribution is 2.39. The first-order valence-corrected chi connectivity index (χ1v) is 7.43. The lowest BCUT2D eigenvalue weighted by Gasteiger charge is -2.38. The second kappa shape index (κ2) is 7.80. The van der Waals surface area contributed by atoms with Gasteiger partial charge in [-0.05, 0) is 44.2 Å². The summed E-state index contributed by atoms with van der Waals surface area (Å²) in [7, 11) is 0. The highest BCUT2D eigenvalue weighted by atomic mass is 19.4. The maximum Gasteiger partial charge on any atom is 0.490 e. The molecule has 0 spiro atoms. The number of hydrogen-bond donors (Lipinski definition) is 3. The Morgan fingerprint density at radius 1 is 1.27 bits per heavy atom. The van der Waals surface area contributed by atoms with Crippen molar-refractivity contribution in [3.63, 3.8) is 0 Å². The number of carboxylic acids is 1. The van der Waals surface area contributed by atoms with Gasteiger partial charge in [-0.15, -0.1) is 0 Å². The Labute approximate surface area is 127 Å². The molecule has 0 unspecified atom stereocenters. The van der Waals surface area contributed by atoms with Crippen LogP contribution in [0.3, 0.4) is 0 Å². The van der Waals surface area contributed by atoms with Crippen LogP contribution in [0.1, 0.15) is 39.0 Å². The molecule has 0 aromatic rings. The average molecular weight is 324 g/mol. The van der Waals surface area contributed by atoms with Crippen molar-refractivity contribution in [1.29, 1.82) is 0 Å². The molecule has 2 aliphatic rings. The Morgan fingerprint density at radius 2 is 1.77 bits per heavy atom. The minimum Gasteiger partial charge on any atom is -0.475 e. The number of carbonyl (C=O) groups excluding carboxylic acids is 1. The van der Waals surface area contributed by atoms with E-state index >= 15 is 0 Å². The third-order valence-corrected chi connectivity index (χ3v) is 4.20. The number of carboxylic acid groups (broad SMARTS) is 1. The minimum atomic E-state index is -5.08. The molecule has 1 amide bonds. The molecule has 1 saturated heterocycles. The molecule has 2 rings (SSSR count). The quantitative estimate of drug-likeness (QED) is 0.741. The first-order chi connectivity index (χ1) is 10.1. The summed E-state index contributed by atoms with van der Waals surface area (Å²) in [5.41, 5.74) is 0.405. The van der Waals surface area contributed by atoms with Crippen molar-refractivity contribution in [2.45, 2.75) is 45.2 Å². The monoisotopic (exact) mass is 324 g/mol. The predicted octanol–water partition coefficient (Wildman–Crippen LogP) is 1.93. The van der Waals surface area contributed by atoms with Crippen LogP contribution in [0.5, 0.6) is 0 Å². The van der Waals surface area contributed by atoms with E-state index in [1.165, 1.54) is 19.3 Å². The van der Waals surface area contributed by atoms with Crippen LogP contribution in [0.2, 0.25) is 0 Å². The first-order valence-electron chi connectivity index (χ1n) is 7.43. The minimum absolute atomic E-state index is 0.259. The van der Waals surface area contributed by atoms with Gasteiger partial charge in [0, 0.05) is 12.5 Å². The molecular formula is C14H23F3N2O3. The molecule has 22 heavy (non-hydrogen) atoms. The molecule has 0 bridgehead atoms. The van der Waals surface area contributed by atoms with Gasteiger partial charge < -0.3 is 15.7 Å². The molecule has 1 heterocycles. The molecule has 2 fully saturated rings. The second-order valence-corrected chi connectivity index (χ2v) is 6.21. The fourth-order valence-corrected chi connectivity index (χ4v) is 2.49. The maximum absolute atomic E-state index is 11.8. The Kier molecular flexibility index (Phi) is 6.65. The third-order valence-electron chi connectivity index (χ3n) is 4.20. The van der Waals surface area contributed by atoms with E-state index in [2.05, 4.69) is 17.6 Å². The van der Waals surface area contributed by atoms with E-state index < -0.39 is 12.1 Å². The van der Waals surface area contributed by atoms with Gasteiger partial charge in [0.2, 0.25) is 5.91 Å². The van der Waals surface area contributed by atoms with Crippen LogP contribution in [0, 0.1) is 11.3 Å². The topological polar surface area (TPSA) is 78.4 Å². The van der Waals surface area contributed by atoms with Crippen LogP contribution >= 0.6 is 0 Å². The molecule has 3 N–H and O–H groups in total. The van der Waals surface area contributed by atoms with Gasteiger partial charge in [-0.25, -0.2) is 4.79 Å². The van der Waals surface area contributed by atoms with Gasteiger partial charge in [-0.3, -0.25) is 4.79 Å². The second-order valence-electron chi connectivity index (χ2n) is 6.21. The highest BCUT2D eigenvalue weighted by Gasteiger charge is 2.38. The van der Waals surface area contributed by atoms with E-state index in [1.807, 2.05) is 0 Å². The van der Waals surface area contributed by atoms with E-state index in [0.29, 0.717) is 5.41 Å². The van der Waals surface area contributed by atoms with Crippen LogP contribution in [0.15, 0.2) is 0 Å². The largest absolute Gasteiger partial charge is 0.490 e. The first kappa shape index (κ1) is 18.7. The summed E-state index contributed by atoms with van der Waals surface area (Å²) < 4.78 is 31.7. The van der Waals surface area contributed by atoms with E-state index in [0.717, 1.165) is 32.5 Å². The summed E-state index contributed by atoms with van der Waals surface area (Å²) in [5, 5.41) is 13.5. The zero-order valence-corrected chi connectivity index (χ0v) is 12.6. The smallest absolute Gasteiger partial charge is 0.475 e. The molecule has 8 heteroatoms. The van der Waals surface area contributed by atoms with Gasteiger partial charge in [0.15, 0.2) is 0 Å². The van der Waals surface area contributed by atoms with Crippen LogP contribution in [-0.4, -0.2) is 42.8 Å². The number of rotatable bonds is 3. The molecule has 0 aromatic heterocycles. The van der Waals surface area contributed by atoms with Gasteiger partial charge in [0.25, 0.3) is 0 Å². The van der Waals surface area contributed by atoms with Crippen molar-refractivity contribution < 1.29 is 27.9 Å². The van der Waals surface area contributed by atoms with Crippen molar-refractivity contribution in [2.24, 2.45) is 11.3 Å². The maximum atomic E-state index is 11.8. The molecule has 5 nitrogen and oxygen atoms in total. The molecule has 0 atom stereocenters. The molecule has 128 valence electrons. The summed E-state index contributed by atoms with van der Waals surface area (Å²) >= 11 is 0. The molecule has 0 radical (unpaired) electrons. The number of piperidine rings is 1. The highest BCUT2D eigenvalue weighted by molar-refractivity contribution is 5.78. The van der Waals surface area contributed by atoms with Crippen molar-refractivity contribution in [3.05, 3.63) is 0 Å². The van der Waals surface area contributed by atoms with Gasteiger partial charge in [0.1, 0.15) is 0 Å². The van der Waals surface area contributed by atoms with Crippen molar-refractivity contribution in [1.82, 2.24) is 10.6 Å². The van der Waals surface area contributed by atoms with E-state index in [-0.39, 0.29) is 11.8 Å². The van der Waals surface area contributed by atoms with Gasteiger partial charge in [-0.1, -0.05) is 13.3 Å². The molecular weight excluding hydrogens is 301 g/mol. The molecule has 1 aliphatic heterocycles. The summed E-state index contributed by atoms with van der Waals surface area (Å²) in [6.07, 6.45) is 0.809. The summed E-state index contributed by atoms with van der Waals surface area (Å²) in [4.78, 5) is 20.7. The summed E-state index contributed by atoms with van der Waals surface area (Å²) in [6.45, 7) is 5.15. The lowest BCUT2D eigenvalue weighted by Crippen LogP contribution is -2.44. The van der Waals surface area contributed by atoms with Gasteiger partial charge in [0.05, 0.1) is 0 Å². The Balaban J connectivity index is 0.000000295. The lowest BCUT2D eigenvalue weighted by molar-refractivity contribution is -0.192. The fraction of sp³-hybridized carbons (Fsp3) is 0.857. The van der Waals surface area contributed by atoms with E-state index in [9.17, 15) is 18.0 Å². The zero-order chi connectivity index (χ0) is 16.8. The number of hydrogen-bond acceptors (Lipinski definition) is 3. The Morgan fingerprint density at radius 3 is 2.14 bits per heavy atom. The number of alkyl halides is 3. The number of carbonyl (C=O) groups is 2. The number of amides is 1. The third kappa shape index (κ3) is 6.21. The average Bonchev–Trinajstić information content (AvgIpc) is 2.43. The van der Waals surface area contributed by atoms with Gasteiger partial charge in [-0.2, -0.15) is 13.2 Å². The SMILES string of the molecule is CC1(CNC(=O)C2CCNCC2)CCC1.O=C(O)C(F)(F)F. The molecule has 1 aliphatic carbocycles. The number of halogens is 3. The molecule has 1 saturated carbocycles. The standard InChI is InChI=1S/C12H22N2O.C2HF3O2/c1-12(5-2-6-12)9-14-11(15)10-3-7-13-8-4-10;3-2(4,5)1(6)7/h10,13H,2-9H2,1H3,(H,14,15);(H,6,7). The Hall–Kier alpha value is -1.31. The summed E-state index contributed by atoms with van der Waals surface area (Å²) in [6, 6.07) is 0. The van der Waals surface area contributed by atoms with E-state index in [4.69, 9.17) is 9.90 Å². The van der Waals surface area contributed by atoms with Crippen molar-refractivity contribution in [3.8, 4) is 0 Å². The summed E-state index contributed by atoms with van der Waals surface area (Å²) in [5.74, 6) is -2.22. The van der Waals surface area contributed by atoms with E-state index in [1.54, 1.807) is 0 Å².